The van der Waals surface area contributed by atoms with Crippen LogP contribution in [-0.2, 0) is 0 Å². The molecule has 0 saturated heterocycles. The standard InChI is InChI=1S/C9H20N2/c1-4-6-8-11(7-5-2)9(3)10/h10H,4-8H2,1-3H3. The lowest BCUT2D eigenvalue weighted by Crippen LogP contribution is -2.29. The van der Waals surface area contributed by atoms with Gasteiger partial charge in [0.15, 0.2) is 0 Å². The highest BCUT2D eigenvalue weighted by Crippen LogP contribution is 1.97. The molecule has 0 aliphatic carbocycles. The Kier molecular flexibility index (Phi) is 5.90. The Morgan fingerprint density at radius 3 is 2.18 bits per heavy atom. The van der Waals surface area contributed by atoms with E-state index in [1.807, 2.05) is 6.92 Å². The summed E-state index contributed by atoms with van der Waals surface area (Å²) >= 11 is 0. The summed E-state index contributed by atoms with van der Waals surface area (Å²) < 4.78 is 0. The van der Waals surface area contributed by atoms with E-state index in [2.05, 4.69) is 18.7 Å². The van der Waals surface area contributed by atoms with E-state index >= 15 is 0 Å². The molecule has 0 atom stereocenters. The topological polar surface area (TPSA) is 27.1 Å². The average molecular weight is 156 g/mol. The maximum absolute atomic E-state index is 7.46. The molecule has 0 unspecified atom stereocenters. The molecule has 2 heteroatoms. The third kappa shape index (κ3) is 4.82. The zero-order valence-electron chi connectivity index (χ0n) is 7.98. The third-order valence-electron chi connectivity index (χ3n) is 1.75. The van der Waals surface area contributed by atoms with Crippen LogP contribution in [0.25, 0.3) is 0 Å². The molecule has 0 aromatic heterocycles. The van der Waals surface area contributed by atoms with Crippen LogP contribution in [0.15, 0.2) is 0 Å². The van der Waals surface area contributed by atoms with E-state index in [4.69, 9.17) is 5.41 Å². The molecule has 0 saturated carbocycles. The Hall–Kier alpha value is -0.530. The molecule has 0 heterocycles. The Bertz CT molecular complexity index is 110. The van der Waals surface area contributed by atoms with Crippen LogP contribution >= 0.6 is 0 Å². The molecule has 0 aliphatic rings. The minimum atomic E-state index is 0.709. The minimum absolute atomic E-state index is 0.709. The van der Waals surface area contributed by atoms with Crippen LogP contribution in [0.2, 0.25) is 0 Å². The van der Waals surface area contributed by atoms with Gasteiger partial charge in [0, 0.05) is 13.1 Å². The van der Waals surface area contributed by atoms with Gasteiger partial charge in [-0.1, -0.05) is 20.3 Å². The smallest absolute Gasteiger partial charge is 0.0925 e. The highest BCUT2D eigenvalue weighted by molar-refractivity contribution is 5.76. The first-order valence-electron chi connectivity index (χ1n) is 4.52. The number of hydrogen-bond acceptors (Lipinski definition) is 1. The van der Waals surface area contributed by atoms with Crippen molar-refractivity contribution in [1.29, 1.82) is 5.41 Å². The Labute approximate surface area is 70.1 Å². The van der Waals surface area contributed by atoms with Crippen LogP contribution in [0.3, 0.4) is 0 Å². The molecule has 0 aromatic rings. The lowest BCUT2D eigenvalue weighted by atomic mass is 10.3. The van der Waals surface area contributed by atoms with Gasteiger partial charge in [0.05, 0.1) is 5.84 Å². The van der Waals surface area contributed by atoms with Crippen LogP contribution in [-0.4, -0.2) is 23.8 Å². The zero-order chi connectivity index (χ0) is 8.69. The average Bonchev–Trinajstić information content (AvgIpc) is 1.97. The number of nitrogens with zero attached hydrogens (tertiary/aromatic N) is 1. The van der Waals surface area contributed by atoms with Crippen molar-refractivity contribution in [3.63, 3.8) is 0 Å². The molecular weight excluding hydrogens is 136 g/mol. The summed E-state index contributed by atoms with van der Waals surface area (Å²) in [5, 5.41) is 7.46. The van der Waals surface area contributed by atoms with Gasteiger partial charge in [0.25, 0.3) is 0 Å². The summed E-state index contributed by atoms with van der Waals surface area (Å²) in [6, 6.07) is 0. The molecule has 1 N–H and O–H groups in total. The quantitative estimate of drug-likeness (QED) is 0.480. The maximum Gasteiger partial charge on any atom is 0.0925 e. The summed E-state index contributed by atoms with van der Waals surface area (Å²) in [4.78, 5) is 2.14. The fourth-order valence-electron chi connectivity index (χ4n) is 1.07. The summed E-state index contributed by atoms with van der Waals surface area (Å²) in [7, 11) is 0. The van der Waals surface area contributed by atoms with Crippen molar-refractivity contribution in [2.24, 2.45) is 0 Å². The number of amidine groups is 1. The van der Waals surface area contributed by atoms with E-state index in [9.17, 15) is 0 Å². The molecular formula is C9H20N2. The highest BCUT2D eigenvalue weighted by atomic mass is 15.1. The van der Waals surface area contributed by atoms with E-state index in [1.54, 1.807) is 0 Å². The van der Waals surface area contributed by atoms with E-state index in [-0.39, 0.29) is 0 Å². The predicted molar refractivity (Wildman–Crippen MR) is 50.2 cm³/mol. The molecule has 0 fully saturated rings. The lowest BCUT2D eigenvalue weighted by Gasteiger charge is -2.21. The first-order chi connectivity index (χ1) is 5.22. The Morgan fingerprint density at radius 2 is 1.82 bits per heavy atom. The first kappa shape index (κ1) is 10.5. The second-order valence-electron chi connectivity index (χ2n) is 2.93. The van der Waals surface area contributed by atoms with E-state index in [1.165, 1.54) is 12.8 Å². The Morgan fingerprint density at radius 1 is 1.18 bits per heavy atom. The van der Waals surface area contributed by atoms with Gasteiger partial charge in [-0.3, -0.25) is 5.41 Å². The van der Waals surface area contributed by atoms with Crippen molar-refractivity contribution in [2.45, 2.75) is 40.0 Å². The number of rotatable bonds is 5. The van der Waals surface area contributed by atoms with Crippen molar-refractivity contribution < 1.29 is 0 Å². The Balaban J connectivity index is 3.60. The van der Waals surface area contributed by atoms with Crippen molar-refractivity contribution in [3.8, 4) is 0 Å². The van der Waals surface area contributed by atoms with Gasteiger partial charge < -0.3 is 4.90 Å². The van der Waals surface area contributed by atoms with Gasteiger partial charge in [-0.05, 0) is 19.8 Å². The summed E-state index contributed by atoms with van der Waals surface area (Å²) in [6.07, 6.45) is 3.56. The van der Waals surface area contributed by atoms with Crippen LogP contribution in [0, 0.1) is 5.41 Å². The van der Waals surface area contributed by atoms with Crippen molar-refractivity contribution in [3.05, 3.63) is 0 Å². The van der Waals surface area contributed by atoms with E-state index in [0.717, 1.165) is 19.5 Å². The number of hydrogen-bond donors (Lipinski definition) is 1. The van der Waals surface area contributed by atoms with Gasteiger partial charge in [-0.15, -0.1) is 0 Å². The molecule has 0 spiro atoms. The van der Waals surface area contributed by atoms with Gasteiger partial charge in [0.1, 0.15) is 0 Å². The monoisotopic (exact) mass is 156 g/mol. The van der Waals surface area contributed by atoms with Crippen LogP contribution < -0.4 is 0 Å². The van der Waals surface area contributed by atoms with E-state index in [0.29, 0.717) is 5.84 Å². The van der Waals surface area contributed by atoms with Crippen LogP contribution in [0.4, 0.5) is 0 Å². The molecule has 66 valence electrons. The molecule has 0 aromatic carbocycles. The first-order valence-corrected chi connectivity index (χ1v) is 4.52. The fourth-order valence-corrected chi connectivity index (χ4v) is 1.07. The molecule has 0 bridgehead atoms. The molecule has 0 aliphatic heterocycles. The minimum Gasteiger partial charge on any atom is -0.361 e. The zero-order valence-corrected chi connectivity index (χ0v) is 7.98. The van der Waals surface area contributed by atoms with Gasteiger partial charge in [-0.2, -0.15) is 0 Å². The van der Waals surface area contributed by atoms with Crippen molar-refractivity contribution in [1.82, 2.24) is 4.90 Å². The summed E-state index contributed by atoms with van der Waals surface area (Å²) in [5.74, 6) is 0.709. The fraction of sp³-hybridized carbons (Fsp3) is 0.889. The SMILES string of the molecule is CCCCN(CCC)C(C)=N. The maximum atomic E-state index is 7.46. The normalized spacial score (nSPS) is 9.73. The molecule has 0 rings (SSSR count). The van der Waals surface area contributed by atoms with Gasteiger partial charge in [0.2, 0.25) is 0 Å². The highest BCUT2D eigenvalue weighted by Gasteiger charge is 2.01. The van der Waals surface area contributed by atoms with Crippen molar-refractivity contribution >= 4 is 5.84 Å². The molecule has 11 heavy (non-hydrogen) atoms. The number of nitrogens with one attached hydrogen (secondary N) is 1. The largest absolute Gasteiger partial charge is 0.361 e. The van der Waals surface area contributed by atoms with E-state index < -0.39 is 0 Å². The van der Waals surface area contributed by atoms with Crippen LogP contribution in [0.5, 0.6) is 0 Å². The van der Waals surface area contributed by atoms with Gasteiger partial charge in [-0.25, -0.2) is 0 Å². The second kappa shape index (κ2) is 6.20. The summed E-state index contributed by atoms with van der Waals surface area (Å²) in [6.45, 7) is 8.30. The second-order valence-corrected chi connectivity index (χ2v) is 2.93. The molecule has 0 amide bonds. The molecule has 0 radical (unpaired) electrons. The summed E-state index contributed by atoms with van der Waals surface area (Å²) in [5.41, 5.74) is 0. The predicted octanol–water partition coefficient (Wildman–Crippen LogP) is 2.50. The number of unbranched alkanes of at least 4 members (excludes halogenated alkanes) is 1. The lowest BCUT2D eigenvalue weighted by molar-refractivity contribution is 0.402. The van der Waals surface area contributed by atoms with Crippen LogP contribution in [0.1, 0.15) is 40.0 Å². The van der Waals surface area contributed by atoms with Crippen molar-refractivity contribution in [2.75, 3.05) is 13.1 Å². The van der Waals surface area contributed by atoms with Gasteiger partial charge >= 0.3 is 0 Å². The molecule has 2 nitrogen and oxygen atoms in total. The third-order valence-corrected chi connectivity index (χ3v) is 1.75.